The molecule has 0 saturated heterocycles. The van der Waals surface area contributed by atoms with Crippen molar-refractivity contribution in [3.63, 3.8) is 0 Å². The molecule has 4 heteroatoms. The molecule has 2 aromatic rings. The molecule has 2 aromatic carbocycles. The summed E-state index contributed by atoms with van der Waals surface area (Å²) < 4.78 is 7.78. The monoisotopic (exact) mass is 576 g/mol. The van der Waals surface area contributed by atoms with Gasteiger partial charge in [0.2, 0.25) is 0 Å². The molecule has 0 bridgehead atoms. The molecule has 0 heterocycles. The maximum atomic E-state index is 2.70. The maximum absolute atomic E-state index is 3.34. The molecule has 0 saturated carbocycles. The van der Waals surface area contributed by atoms with Crippen LogP contribution in [0.1, 0.15) is 64.7 Å². The van der Waals surface area contributed by atoms with Gasteiger partial charge in [0.1, 0.15) is 0 Å². The van der Waals surface area contributed by atoms with E-state index >= 15 is 0 Å². The second-order valence-electron chi connectivity index (χ2n) is 11.2. The van der Waals surface area contributed by atoms with E-state index in [0.29, 0.717) is 9.54 Å². The minimum absolute atomic E-state index is 0. The summed E-state index contributed by atoms with van der Waals surface area (Å²) in [6.07, 6.45) is 2.68. The van der Waals surface area contributed by atoms with Crippen molar-refractivity contribution < 1.29 is 17.4 Å². The zero-order valence-corrected chi connectivity index (χ0v) is 27.2. The Kier molecular flexibility index (Phi) is 8.16. The Morgan fingerprint density at radius 3 is 1.94 bits per heavy atom. The van der Waals surface area contributed by atoms with Crippen LogP contribution in [-0.2, 0) is 17.4 Å². The quantitative estimate of drug-likeness (QED) is 0.320. The van der Waals surface area contributed by atoms with Crippen LogP contribution in [0.3, 0.4) is 0 Å². The molecule has 0 aromatic heterocycles. The summed E-state index contributed by atoms with van der Waals surface area (Å²) in [4.78, 5) is 0. The largest absolute Gasteiger partial charge is 0.147 e. The molecule has 0 fully saturated rings. The molecule has 0 radical (unpaired) electrons. The third-order valence-corrected chi connectivity index (χ3v) is 26.1. The molecule has 178 valence electrons. The Balaban J connectivity index is 0.00000193. The van der Waals surface area contributed by atoms with Gasteiger partial charge in [-0.2, -0.15) is 0 Å². The molecule has 0 N–H and O–H groups in total. The molecule has 2 aliphatic rings. The first kappa shape index (κ1) is 28.6. The van der Waals surface area contributed by atoms with Crippen molar-refractivity contribution in [2.75, 3.05) is 0 Å². The first-order valence-corrected chi connectivity index (χ1v) is 25.2. The third kappa shape index (κ3) is 4.29. The summed E-state index contributed by atoms with van der Waals surface area (Å²) in [5.74, 6) is 0.589. The van der Waals surface area contributed by atoms with Crippen LogP contribution in [0.2, 0.25) is 9.26 Å². The number of hydrogen-bond acceptors (Lipinski definition) is 0. The Hall–Kier alpha value is -0.660. The van der Waals surface area contributed by atoms with Gasteiger partial charge >= 0.3 is 193 Å². The summed E-state index contributed by atoms with van der Waals surface area (Å²) in [5, 5.41) is 0. The van der Waals surface area contributed by atoms with Crippen LogP contribution in [0, 0.1) is 26.7 Å². The molecule has 2 unspecified atom stereocenters. The number of halogens is 2. The summed E-state index contributed by atoms with van der Waals surface area (Å²) in [7, 11) is 0. The fraction of sp³-hybridized carbons (Fsp3) is 0.379. The molecule has 0 amide bonds. The van der Waals surface area contributed by atoms with Crippen molar-refractivity contribution in [1.29, 1.82) is 0 Å². The van der Waals surface area contributed by atoms with Crippen LogP contribution in [0.15, 0.2) is 62.5 Å². The minimum Gasteiger partial charge on any atom is -0.147 e. The zero-order valence-electron chi connectivity index (χ0n) is 21.7. The topological polar surface area (TPSA) is 0 Å². The van der Waals surface area contributed by atoms with Gasteiger partial charge in [-0.3, -0.25) is 0 Å². The van der Waals surface area contributed by atoms with Crippen molar-refractivity contribution >= 4 is 37.3 Å². The molecular formula is C29H40Cl2SiZr. The normalized spacial score (nSPS) is 20.4. The molecular weight excluding hydrogens is 539 g/mol. The average Bonchev–Trinajstić information content (AvgIpc) is 3.19. The van der Waals surface area contributed by atoms with E-state index in [4.69, 9.17) is 0 Å². The number of fused-ring (bicyclic) bond motifs is 1. The van der Waals surface area contributed by atoms with Crippen molar-refractivity contribution in [1.82, 2.24) is 0 Å². The van der Waals surface area contributed by atoms with E-state index in [1.165, 1.54) is 33.4 Å². The molecule has 2 atom stereocenters. The predicted molar refractivity (Wildman–Crippen MR) is 152 cm³/mol. The minimum atomic E-state index is -3.34. The van der Waals surface area contributed by atoms with E-state index < -0.39 is 17.4 Å². The van der Waals surface area contributed by atoms with Gasteiger partial charge in [0.15, 0.2) is 0 Å². The van der Waals surface area contributed by atoms with Gasteiger partial charge in [-0.05, 0) is 0 Å². The van der Waals surface area contributed by atoms with Crippen molar-refractivity contribution in [2.45, 2.75) is 61.4 Å². The first-order chi connectivity index (χ1) is 14.3. The summed E-state index contributed by atoms with van der Waals surface area (Å²) in [6.45, 7) is 18.7. The smallest absolute Gasteiger partial charge is 0.147 e. The summed E-state index contributed by atoms with van der Waals surface area (Å²) in [6, 6.07) is 13.9. The Morgan fingerprint density at radius 2 is 1.36 bits per heavy atom. The zero-order chi connectivity index (χ0) is 22.9. The van der Waals surface area contributed by atoms with Crippen LogP contribution in [0.4, 0.5) is 0 Å². The van der Waals surface area contributed by atoms with Gasteiger partial charge < -0.3 is 0 Å². The van der Waals surface area contributed by atoms with Gasteiger partial charge in [-0.15, -0.1) is 24.8 Å². The second-order valence-corrected chi connectivity index (χ2v) is 40.7. The number of benzene rings is 2. The number of rotatable bonds is 3. The van der Waals surface area contributed by atoms with E-state index in [-0.39, 0.29) is 24.8 Å². The van der Waals surface area contributed by atoms with Crippen LogP contribution in [0.5, 0.6) is 0 Å². The SMILES string of the molecule is CC1=C(C)C(C)[C]([Zr]([CH3])([CH3])(=[SiH2])[CH]2C=C(c3ccc(C)c(C)c3C)c3ccccc32)=C1C.Cl.Cl. The second kappa shape index (κ2) is 9.42. The van der Waals surface area contributed by atoms with Crippen molar-refractivity contribution in [3.05, 3.63) is 95.9 Å². The summed E-state index contributed by atoms with van der Waals surface area (Å²) in [5.41, 5.74) is 14.9. The first-order valence-electron chi connectivity index (χ1n) is 11.7. The fourth-order valence-corrected chi connectivity index (χ4v) is 25.0. The van der Waals surface area contributed by atoms with Gasteiger partial charge in [-0.25, -0.2) is 0 Å². The van der Waals surface area contributed by atoms with Crippen molar-refractivity contribution in [3.8, 4) is 0 Å². The maximum Gasteiger partial charge on any atom is -0.147 e. The van der Waals surface area contributed by atoms with Crippen LogP contribution in [-0.4, -0.2) is 6.88 Å². The number of aryl methyl sites for hydroxylation is 1. The third-order valence-electron chi connectivity index (χ3n) is 8.79. The average molecular weight is 579 g/mol. The van der Waals surface area contributed by atoms with Crippen LogP contribution < -0.4 is 0 Å². The Morgan fingerprint density at radius 1 is 0.758 bits per heavy atom. The van der Waals surface area contributed by atoms with E-state index in [9.17, 15) is 0 Å². The van der Waals surface area contributed by atoms with Gasteiger partial charge in [0.05, 0.1) is 0 Å². The Labute approximate surface area is 216 Å². The molecule has 2 aliphatic carbocycles. The van der Waals surface area contributed by atoms with E-state index in [1.54, 1.807) is 22.3 Å². The fourth-order valence-electron chi connectivity index (χ4n) is 6.47. The van der Waals surface area contributed by atoms with Gasteiger partial charge in [0, 0.05) is 0 Å². The van der Waals surface area contributed by atoms with E-state index in [2.05, 4.69) is 107 Å². The van der Waals surface area contributed by atoms with E-state index in [1.807, 2.05) is 3.28 Å². The van der Waals surface area contributed by atoms with Gasteiger partial charge in [-0.1, -0.05) is 0 Å². The van der Waals surface area contributed by atoms with Crippen LogP contribution >= 0.6 is 24.8 Å². The molecule has 0 aliphatic heterocycles. The Bertz CT molecular complexity index is 1290. The van der Waals surface area contributed by atoms with Crippen LogP contribution in [0.25, 0.3) is 5.57 Å². The standard InChI is InChI=1S/C18H17.C9H13.2CH3.2ClH.H2Si.Zr/c1-12-8-10-16(14(3)13(12)2)18-11-9-15-6-4-5-7-17(15)18;1-6-5-7(2)9(4)8(6)3;;;;;;/h4-11H,1-3H3;6H,1-4H3;2*1H3;2*1H;1H2;. The molecule has 4 rings (SSSR count). The number of allylic oxidation sites excluding steroid dienone is 5. The van der Waals surface area contributed by atoms with Crippen molar-refractivity contribution in [2.24, 2.45) is 5.92 Å². The number of hydrogen-bond donors (Lipinski definition) is 0. The molecule has 0 spiro atoms. The molecule has 0 nitrogen and oxygen atoms in total. The van der Waals surface area contributed by atoms with E-state index in [0.717, 1.165) is 0 Å². The summed E-state index contributed by atoms with van der Waals surface area (Å²) >= 11 is -3.34. The predicted octanol–water partition coefficient (Wildman–Crippen LogP) is 8.54. The molecule has 33 heavy (non-hydrogen) atoms. The van der Waals surface area contributed by atoms with Gasteiger partial charge in [0.25, 0.3) is 0 Å².